The third kappa shape index (κ3) is 4.67. The predicted molar refractivity (Wildman–Crippen MR) is 103 cm³/mol. The second-order valence-corrected chi connectivity index (χ2v) is 6.15. The van der Waals surface area contributed by atoms with Crippen LogP contribution < -0.4 is 5.32 Å². The van der Waals surface area contributed by atoms with E-state index in [1.807, 2.05) is 61.5 Å². The Bertz CT molecular complexity index is 884. The maximum Gasteiger partial charge on any atom is 0.244 e. The molecule has 0 spiro atoms. The van der Waals surface area contributed by atoms with E-state index in [9.17, 15) is 9.18 Å². The summed E-state index contributed by atoms with van der Waals surface area (Å²) < 4.78 is 13.0. The van der Waals surface area contributed by atoms with E-state index in [0.29, 0.717) is 0 Å². The summed E-state index contributed by atoms with van der Waals surface area (Å²) in [5.41, 5.74) is 3.97. The third-order valence-corrected chi connectivity index (χ3v) is 4.13. The molecule has 1 amide bonds. The van der Waals surface area contributed by atoms with Crippen molar-refractivity contribution in [2.45, 2.75) is 13.0 Å². The second kappa shape index (κ2) is 8.26. The van der Waals surface area contributed by atoms with Crippen LogP contribution in [0.1, 0.15) is 28.3 Å². The highest BCUT2D eigenvalue weighted by atomic mass is 19.1. The second-order valence-electron chi connectivity index (χ2n) is 6.15. The fraction of sp³-hybridized carbons (Fsp3) is 0.0870. The van der Waals surface area contributed by atoms with Gasteiger partial charge in [-0.1, -0.05) is 72.3 Å². The van der Waals surface area contributed by atoms with Gasteiger partial charge in [0.2, 0.25) is 5.91 Å². The lowest BCUT2D eigenvalue weighted by Gasteiger charge is -2.19. The molecule has 26 heavy (non-hydrogen) atoms. The molecule has 0 unspecified atom stereocenters. The van der Waals surface area contributed by atoms with Gasteiger partial charge in [0.1, 0.15) is 5.82 Å². The number of hydrogen-bond donors (Lipinski definition) is 1. The Kier molecular flexibility index (Phi) is 5.59. The van der Waals surface area contributed by atoms with Gasteiger partial charge in [-0.15, -0.1) is 0 Å². The Labute approximate surface area is 153 Å². The van der Waals surface area contributed by atoms with Crippen LogP contribution in [0.4, 0.5) is 4.39 Å². The van der Waals surface area contributed by atoms with Crippen molar-refractivity contribution in [2.75, 3.05) is 0 Å². The largest absolute Gasteiger partial charge is 0.342 e. The molecule has 0 bridgehead atoms. The van der Waals surface area contributed by atoms with Crippen molar-refractivity contribution in [1.29, 1.82) is 0 Å². The highest BCUT2D eigenvalue weighted by molar-refractivity contribution is 5.92. The number of carbonyl (C=O) groups excluding carboxylic acids is 1. The van der Waals surface area contributed by atoms with Gasteiger partial charge in [-0.05, 0) is 41.8 Å². The van der Waals surface area contributed by atoms with E-state index in [2.05, 4.69) is 5.32 Å². The molecule has 1 N–H and O–H groups in total. The van der Waals surface area contributed by atoms with Crippen molar-refractivity contribution >= 4 is 12.0 Å². The molecule has 3 aromatic rings. The van der Waals surface area contributed by atoms with Gasteiger partial charge in [-0.25, -0.2) is 4.39 Å². The molecule has 0 aliphatic carbocycles. The van der Waals surface area contributed by atoms with E-state index >= 15 is 0 Å². The van der Waals surface area contributed by atoms with Crippen LogP contribution in [0.15, 0.2) is 84.9 Å². The fourth-order valence-corrected chi connectivity index (χ4v) is 2.70. The molecule has 2 nitrogen and oxygen atoms in total. The van der Waals surface area contributed by atoms with Crippen molar-refractivity contribution in [1.82, 2.24) is 5.32 Å². The van der Waals surface area contributed by atoms with Gasteiger partial charge in [-0.3, -0.25) is 4.79 Å². The van der Waals surface area contributed by atoms with Crippen LogP contribution in [0.25, 0.3) is 6.08 Å². The van der Waals surface area contributed by atoms with Crippen LogP contribution in [0.5, 0.6) is 0 Å². The van der Waals surface area contributed by atoms with E-state index in [1.165, 1.54) is 23.8 Å². The average molecular weight is 345 g/mol. The lowest BCUT2D eigenvalue weighted by Crippen LogP contribution is -2.27. The molecule has 3 heteroatoms. The predicted octanol–water partition coefficient (Wildman–Crippen LogP) is 5.05. The molecule has 0 heterocycles. The number of aryl methyl sites for hydroxylation is 1. The molecule has 0 saturated carbocycles. The van der Waals surface area contributed by atoms with E-state index in [1.54, 1.807) is 18.2 Å². The summed E-state index contributed by atoms with van der Waals surface area (Å²) in [4.78, 5) is 12.4. The maximum absolute atomic E-state index is 13.0. The van der Waals surface area contributed by atoms with Crippen LogP contribution in [-0.2, 0) is 4.79 Å². The quantitative estimate of drug-likeness (QED) is 0.644. The first kappa shape index (κ1) is 17.6. The van der Waals surface area contributed by atoms with Gasteiger partial charge in [0.25, 0.3) is 0 Å². The summed E-state index contributed by atoms with van der Waals surface area (Å²) in [6.07, 6.45) is 3.14. The van der Waals surface area contributed by atoms with Crippen LogP contribution >= 0.6 is 0 Å². The molecular weight excluding hydrogens is 325 g/mol. The summed E-state index contributed by atoms with van der Waals surface area (Å²) >= 11 is 0. The number of rotatable bonds is 5. The fourth-order valence-electron chi connectivity index (χ4n) is 2.70. The molecule has 1 atom stereocenters. The smallest absolute Gasteiger partial charge is 0.244 e. The molecule has 0 aliphatic heterocycles. The Balaban J connectivity index is 1.80. The minimum absolute atomic E-state index is 0.205. The summed E-state index contributed by atoms with van der Waals surface area (Å²) in [6, 6.07) is 23.7. The van der Waals surface area contributed by atoms with E-state index in [-0.39, 0.29) is 17.8 Å². The van der Waals surface area contributed by atoms with Gasteiger partial charge in [-0.2, -0.15) is 0 Å². The highest BCUT2D eigenvalue weighted by Crippen LogP contribution is 2.22. The summed E-state index contributed by atoms with van der Waals surface area (Å²) in [7, 11) is 0. The number of benzene rings is 3. The number of amides is 1. The number of carbonyl (C=O) groups is 1. The molecule has 0 fully saturated rings. The van der Waals surface area contributed by atoms with Crippen molar-refractivity contribution in [3.63, 3.8) is 0 Å². The van der Waals surface area contributed by atoms with Crippen LogP contribution in [-0.4, -0.2) is 5.91 Å². The van der Waals surface area contributed by atoms with E-state index < -0.39 is 0 Å². The zero-order valence-corrected chi connectivity index (χ0v) is 14.5. The monoisotopic (exact) mass is 345 g/mol. The van der Waals surface area contributed by atoms with Crippen molar-refractivity contribution < 1.29 is 9.18 Å². The minimum Gasteiger partial charge on any atom is -0.342 e. The normalized spacial score (nSPS) is 12.1. The lowest BCUT2D eigenvalue weighted by molar-refractivity contribution is -0.116. The van der Waals surface area contributed by atoms with Crippen LogP contribution in [0.3, 0.4) is 0 Å². The number of hydrogen-bond acceptors (Lipinski definition) is 1. The topological polar surface area (TPSA) is 29.1 Å². The first-order valence-electron chi connectivity index (χ1n) is 8.47. The Hall–Kier alpha value is -3.20. The van der Waals surface area contributed by atoms with Crippen molar-refractivity contribution in [3.05, 3.63) is 113 Å². The maximum atomic E-state index is 13.0. The molecule has 0 aliphatic rings. The first-order valence-corrected chi connectivity index (χ1v) is 8.47. The molecule has 3 aromatic carbocycles. The standard InChI is InChI=1S/C23H20FNO/c1-17-7-12-20(13-8-17)23(19-5-3-2-4-6-19)25-22(26)16-11-18-9-14-21(24)15-10-18/h2-16,23H,1H3,(H,25,26)/b16-11+/t23-/m1/s1. The summed E-state index contributed by atoms with van der Waals surface area (Å²) in [5.74, 6) is -0.501. The van der Waals surface area contributed by atoms with Gasteiger partial charge < -0.3 is 5.32 Å². The van der Waals surface area contributed by atoms with Crippen LogP contribution in [0, 0.1) is 12.7 Å². The molecule has 0 radical (unpaired) electrons. The number of halogens is 1. The van der Waals surface area contributed by atoms with E-state index in [4.69, 9.17) is 0 Å². The Morgan fingerprint density at radius 1 is 0.885 bits per heavy atom. The first-order chi connectivity index (χ1) is 12.6. The van der Waals surface area contributed by atoms with E-state index in [0.717, 1.165) is 16.7 Å². The summed E-state index contributed by atoms with van der Waals surface area (Å²) in [6.45, 7) is 2.03. The highest BCUT2D eigenvalue weighted by Gasteiger charge is 2.15. The molecular formula is C23H20FNO. The number of nitrogens with one attached hydrogen (secondary N) is 1. The third-order valence-electron chi connectivity index (χ3n) is 4.13. The molecule has 130 valence electrons. The summed E-state index contributed by atoms with van der Waals surface area (Å²) in [5, 5.41) is 3.05. The van der Waals surface area contributed by atoms with Crippen molar-refractivity contribution in [3.8, 4) is 0 Å². The van der Waals surface area contributed by atoms with Crippen molar-refractivity contribution in [2.24, 2.45) is 0 Å². The van der Waals surface area contributed by atoms with Gasteiger partial charge in [0, 0.05) is 6.08 Å². The minimum atomic E-state index is -0.296. The molecule has 0 saturated heterocycles. The Morgan fingerprint density at radius 3 is 2.15 bits per heavy atom. The zero-order valence-electron chi connectivity index (χ0n) is 14.5. The van der Waals surface area contributed by atoms with Gasteiger partial charge in [0.15, 0.2) is 0 Å². The zero-order chi connectivity index (χ0) is 18.4. The van der Waals surface area contributed by atoms with Crippen LogP contribution in [0.2, 0.25) is 0 Å². The molecule has 0 aromatic heterocycles. The van der Waals surface area contributed by atoms with Gasteiger partial charge in [0.05, 0.1) is 6.04 Å². The Morgan fingerprint density at radius 2 is 1.50 bits per heavy atom. The SMILES string of the molecule is Cc1ccc([C@H](NC(=O)/C=C/c2ccc(F)cc2)c2ccccc2)cc1. The lowest BCUT2D eigenvalue weighted by atomic mass is 9.98. The molecule has 3 rings (SSSR count). The van der Waals surface area contributed by atoms with Gasteiger partial charge >= 0.3 is 0 Å². The average Bonchev–Trinajstić information content (AvgIpc) is 2.67.